The zero-order valence-corrected chi connectivity index (χ0v) is 30.7. The smallest absolute Gasteiger partial charge is 0.566 e. The van der Waals surface area contributed by atoms with E-state index in [1.807, 2.05) is 0 Å². The van der Waals surface area contributed by atoms with E-state index in [4.69, 9.17) is 10.2 Å². The molecule has 26 heavy (non-hydrogen) atoms. The van der Waals surface area contributed by atoms with Crippen molar-refractivity contribution in [2.75, 3.05) is 0 Å². The molecule has 22 heteroatoms. The van der Waals surface area contributed by atoms with Crippen LogP contribution in [-0.2, 0) is 36.4 Å². The van der Waals surface area contributed by atoms with Crippen LogP contribution in [-0.4, -0.2) is 22.2 Å². The molecule has 0 aromatic carbocycles. The summed E-state index contributed by atoms with van der Waals surface area (Å²) in [4.78, 5) is 39.1. The van der Waals surface area contributed by atoms with E-state index >= 15 is 0 Å². The summed E-state index contributed by atoms with van der Waals surface area (Å²) in [6.45, 7) is 1.45. The molecule has 0 aromatic rings. The fraction of sp³-hybridized carbons (Fsp3) is 1.00. The number of hydrogen-bond acceptors (Lipinski definition) is 14. The van der Waals surface area contributed by atoms with Gasteiger partial charge >= 0.3 is 251 Å². The van der Waals surface area contributed by atoms with Crippen LogP contribution in [0.1, 0.15) is 13.8 Å². The van der Waals surface area contributed by atoms with Gasteiger partial charge in [0.1, 0.15) is 0 Å². The Bertz CT molecular complexity index is 371. The van der Waals surface area contributed by atoms with Crippen LogP contribution in [0.15, 0.2) is 0 Å². The van der Waals surface area contributed by atoms with Gasteiger partial charge in [-0.2, -0.15) is 0 Å². The Kier molecular flexibility index (Phi) is 43.6. The molecule has 2 N–H and O–H groups in total. The Labute approximate surface area is 321 Å². The largest absolute Gasteiger partial charge is 1.00 e. The third-order valence-electron chi connectivity index (χ3n) is 0.976. The second kappa shape index (κ2) is 24.7. The first kappa shape index (κ1) is 46.0. The first-order chi connectivity index (χ1) is 9.67. The van der Waals surface area contributed by atoms with Crippen molar-refractivity contribution < 1.29 is 272 Å². The Hall–Kier alpha value is 6.55. The van der Waals surface area contributed by atoms with E-state index in [0.717, 1.165) is 13.8 Å². The minimum Gasteiger partial charge on any atom is -0.566 e. The molecule has 4 unspecified atom stereocenters. The molecule has 4 atom stereocenters. The van der Waals surface area contributed by atoms with Crippen molar-refractivity contribution in [3.8, 4) is 0 Å². The van der Waals surface area contributed by atoms with Gasteiger partial charge in [0.2, 0.25) is 0 Å². The van der Waals surface area contributed by atoms with Crippen LogP contribution in [0.25, 0.3) is 0 Å². The Balaban J connectivity index is -0.0000000667. The molecule has 0 aliphatic heterocycles. The summed E-state index contributed by atoms with van der Waals surface area (Å²) in [6, 6.07) is 0. The van der Waals surface area contributed by atoms with Gasteiger partial charge in [-0.15, -0.1) is 0 Å². The molecule has 0 aliphatic rings. The second-order valence-corrected chi connectivity index (χ2v) is 5.57. The molecule has 14 nitrogen and oxygen atoms in total. The van der Waals surface area contributed by atoms with E-state index in [2.05, 4.69) is 18.1 Å². The molecular weight excluding hydrogens is 552 g/mol. The fourth-order valence-corrected chi connectivity index (χ4v) is 1.96. The van der Waals surface area contributed by atoms with Crippen molar-refractivity contribution in [1.29, 1.82) is 0 Å². The topological polar surface area (TPSA) is 238 Å². The van der Waals surface area contributed by atoms with Crippen molar-refractivity contribution in [1.82, 2.24) is 0 Å². The number of rotatable bonds is 8. The summed E-state index contributed by atoms with van der Waals surface area (Å²) in [6.07, 6.45) is 0. The summed E-state index contributed by atoms with van der Waals surface area (Å²) < 4.78 is 53.7. The molecule has 0 aromatic heterocycles. The van der Waals surface area contributed by atoms with Crippen molar-refractivity contribution >= 4 is 33.0 Å². The minimum absolute atomic E-state index is 0. The summed E-state index contributed by atoms with van der Waals surface area (Å²) >= 11 is 0. The van der Waals surface area contributed by atoms with Crippen LogP contribution in [0.5, 0.6) is 0 Å². The van der Waals surface area contributed by atoms with Gasteiger partial charge in [-0.05, 0) is 18.3 Å². The molecule has 0 radical (unpaired) electrons. The summed E-state index contributed by atoms with van der Waals surface area (Å²) in [7, 11) is -13.4. The molecule has 0 aliphatic carbocycles. The van der Waals surface area contributed by atoms with E-state index in [9.17, 15) is 37.8 Å². The van der Waals surface area contributed by atoms with Crippen molar-refractivity contribution in [3.05, 3.63) is 0 Å². The summed E-state index contributed by atoms with van der Waals surface area (Å²) in [5, 5.41) is 17.3. The molecule has 0 heterocycles. The quantitative estimate of drug-likeness (QED) is 0.159. The molecule has 0 spiro atoms. The van der Waals surface area contributed by atoms with Gasteiger partial charge in [0, 0.05) is 13.8 Å². The molecule has 0 saturated carbocycles. The monoisotopic (exact) mass is 560 g/mol. The van der Waals surface area contributed by atoms with Crippen LogP contribution < -0.4 is 225 Å². The van der Waals surface area contributed by atoms with Gasteiger partial charge in [-0.25, -0.2) is 0 Å². The first-order valence-corrected chi connectivity index (χ1v) is 8.84. The van der Waals surface area contributed by atoms with Crippen molar-refractivity contribution in [3.63, 3.8) is 0 Å². The fourth-order valence-electron chi connectivity index (χ4n) is 0.587. The Morgan fingerprint density at radius 1 is 0.577 bits per heavy atom. The average molecular weight is 560 g/mol. The third kappa shape index (κ3) is 37.8. The molecule has 0 saturated heterocycles. The van der Waals surface area contributed by atoms with E-state index in [1.165, 1.54) is 0 Å². The van der Waals surface area contributed by atoms with Crippen molar-refractivity contribution in [2.45, 2.75) is 25.8 Å². The van der Waals surface area contributed by atoms with Gasteiger partial charge in [-0.3, -0.25) is 0 Å². The minimum atomic E-state index is -3.36. The third-order valence-corrected chi connectivity index (χ3v) is 2.93. The van der Waals surface area contributed by atoms with Gasteiger partial charge in [0.05, 0.1) is 0 Å². The van der Waals surface area contributed by atoms with Crippen LogP contribution in [0.4, 0.5) is 0 Å². The molecule has 0 rings (SSSR count). The standard InChI is InChI=1S/2C2H4O7P2.4K/c2*1-2(3,8-10(4)5)9-11(6)7;;;;/h2*3H,1H3;;;;/q;;4*+1. The summed E-state index contributed by atoms with van der Waals surface area (Å²) in [5.41, 5.74) is 0. The zero-order chi connectivity index (χ0) is 18.1. The van der Waals surface area contributed by atoms with Gasteiger partial charge < -0.3 is 29.8 Å². The molecule has 128 valence electrons. The van der Waals surface area contributed by atoms with Crippen LogP contribution in [0.3, 0.4) is 0 Å². The molecule has 0 amide bonds. The van der Waals surface area contributed by atoms with Crippen LogP contribution in [0, 0.1) is 0 Å². The molecular formula is C4H8K4O14P4+4. The molecule has 0 bridgehead atoms. The first-order valence-electron chi connectivity index (χ1n) is 4.45. The maximum absolute atomic E-state index is 9.77. The van der Waals surface area contributed by atoms with E-state index < -0.39 is 45.0 Å². The van der Waals surface area contributed by atoms with Crippen LogP contribution in [0.2, 0.25) is 0 Å². The van der Waals surface area contributed by atoms with Crippen LogP contribution >= 0.6 is 33.0 Å². The number of aliphatic hydroxyl groups is 2. The van der Waals surface area contributed by atoms with Gasteiger partial charge in [0.15, 0.2) is 0 Å². The average Bonchev–Trinajstić information content (AvgIpc) is 2.06. The Morgan fingerprint density at radius 2 is 0.692 bits per heavy atom. The second-order valence-electron chi connectivity index (χ2n) is 3.06. The maximum atomic E-state index is 9.77. The normalized spacial score (nSPS) is 16.0. The van der Waals surface area contributed by atoms with E-state index in [-0.39, 0.29) is 206 Å². The Morgan fingerprint density at radius 3 is 0.769 bits per heavy atom. The van der Waals surface area contributed by atoms with Gasteiger partial charge in [0.25, 0.3) is 0 Å². The van der Waals surface area contributed by atoms with Crippen molar-refractivity contribution in [2.24, 2.45) is 0 Å². The molecule has 0 fully saturated rings. The van der Waals surface area contributed by atoms with Gasteiger partial charge in [-0.1, -0.05) is 18.1 Å². The van der Waals surface area contributed by atoms with E-state index in [0.29, 0.717) is 0 Å². The van der Waals surface area contributed by atoms with E-state index in [1.54, 1.807) is 0 Å². The number of hydrogen-bond donors (Lipinski definition) is 2. The predicted molar refractivity (Wildman–Crippen MR) is 56.0 cm³/mol. The summed E-state index contributed by atoms with van der Waals surface area (Å²) in [5.74, 6) is -5.30. The predicted octanol–water partition coefficient (Wildman–Crippen LogP) is -14.5. The zero-order valence-electron chi connectivity index (χ0n) is 14.6. The maximum Gasteiger partial charge on any atom is 1.00 e. The SMILES string of the molecule is CC(O)(O[P+](=O)[O-])O[P+](=O)[O-].CC(O)(O[P+](=O)[O-])O[P+](=O)[O-].[K+].[K+].[K+].[K+].